The summed E-state index contributed by atoms with van der Waals surface area (Å²) in [6, 6.07) is 14.9. The van der Waals surface area contributed by atoms with Crippen molar-refractivity contribution in [3.05, 3.63) is 106 Å². The van der Waals surface area contributed by atoms with Gasteiger partial charge in [-0.2, -0.15) is 0 Å². The maximum absolute atomic E-state index is 13.7. The third-order valence-corrected chi connectivity index (χ3v) is 7.97. The number of ketones is 1. The number of nitrogens with zero attached hydrogens (tertiary/aromatic N) is 4. The van der Waals surface area contributed by atoms with E-state index in [0.717, 1.165) is 16.9 Å². The van der Waals surface area contributed by atoms with Gasteiger partial charge in [-0.25, -0.2) is 4.39 Å². The lowest BCUT2D eigenvalue weighted by Gasteiger charge is -2.22. The number of rotatable bonds is 6. The van der Waals surface area contributed by atoms with Crippen molar-refractivity contribution >= 4 is 57.3 Å². The third kappa shape index (κ3) is 4.62. The van der Waals surface area contributed by atoms with Crippen molar-refractivity contribution in [2.24, 2.45) is 0 Å². The van der Waals surface area contributed by atoms with E-state index in [9.17, 15) is 19.1 Å². The summed E-state index contributed by atoms with van der Waals surface area (Å²) in [7, 11) is 0. The van der Waals surface area contributed by atoms with Crippen LogP contribution in [0.25, 0.3) is 5.76 Å². The summed E-state index contributed by atoms with van der Waals surface area (Å²) < 4.78 is 14.2. The highest BCUT2D eigenvalue weighted by Gasteiger charge is 2.48. The fraction of sp³-hybridized carbons (Fsp3) is 0.0800. The largest absolute Gasteiger partial charge is 0.507 e. The number of halogens is 2. The van der Waals surface area contributed by atoms with E-state index in [1.165, 1.54) is 65.5 Å². The zero-order valence-corrected chi connectivity index (χ0v) is 20.7. The number of carbonyl (C=O) groups is 2. The fourth-order valence-electron chi connectivity index (χ4n) is 3.77. The lowest BCUT2D eigenvalue weighted by molar-refractivity contribution is -0.132. The summed E-state index contributed by atoms with van der Waals surface area (Å²) in [6.45, 7) is 0. The number of amides is 1. The Morgan fingerprint density at radius 3 is 2.50 bits per heavy atom. The van der Waals surface area contributed by atoms with Crippen LogP contribution in [0.15, 0.2) is 83.0 Å². The molecular formula is C25H16ClFN4O3S2. The minimum atomic E-state index is -1.02. The number of aliphatic hydroxyl groups excluding tert-OH is 1. The summed E-state index contributed by atoms with van der Waals surface area (Å²) >= 11 is 8.76. The zero-order valence-electron chi connectivity index (χ0n) is 18.3. The standard InChI is InChI=1S/C25H16ClFN4O3S2/c26-18-4-2-1-3-16(18)13-35-25-30-29-24(36-25)31-20(14-5-7-17(27)8-6-14)19(22(33)23(31)34)21(32)15-9-11-28-12-10-15/h1-12,20,32H,13H2. The van der Waals surface area contributed by atoms with Crippen LogP contribution in [-0.4, -0.2) is 32.0 Å². The summed E-state index contributed by atoms with van der Waals surface area (Å²) in [5.74, 6) is -2.03. The molecule has 1 amide bonds. The first-order valence-electron chi connectivity index (χ1n) is 10.6. The second kappa shape index (κ2) is 10.2. The van der Waals surface area contributed by atoms with Gasteiger partial charge in [-0.3, -0.25) is 19.5 Å². The molecule has 0 bridgehead atoms. The van der Waals surface area contributed by atoms with Crippen molar-refractivity contribution in [3.8, 4) is 0 Å². The van der Waals surface area contributed by atoms with Crippen LogP contribution in [0.5, 0.6) is 0 Å². The molecule has 1 aliphatic heterocycles. The highest BCUT2D eigenvalue weighted by Crippen LogP contribution is 2.44. The fourth-order valence-corrected chi connectivity index (χ4v) is 5.92. The van der Waals surface area contributed by atoms with E-state index in [-0.39, 0.29) is 16.5 Å². The number of benzene rings is 2. The van der Waals surface area contributed by atoms with Crippen molar-refractivity contribution in [3.63, 3.8) is 0 Å². The van der Waals surface area contributed by atoms with Gasteiger partial charge < -0.3 is 5.11 Å². The van der Waals surface area contributed by atoms with Gasteiger partial charge in [0.25, 0.3) is 5.78 Å². The number of Topliss-reactive ketones (excluding diaryl/α,β-unsaturated/α-hetero) is 1. The average molecular weight is 539 g/mol. The Hall–Kier alpha value is -3.60. The van der Waals surface area contributed by atoms with Crippen LogP contribution in [0.1, 0.15) is 22.7 Å². The van der Waals surface area contributed by atoms with E-state index in [1.807, 2.05) is 18.2 Å². The molecule has 11 heteroatoms. The van der Waals surface area contributed by atoms with Gasteiger partial charge in [0.1, 0.15) is 11.6 Å². The molecule has 0 radical (unpaired) electrons. The number of anilines is 1. The smallest absolute Gasteiger partial charge is 0.301 e. The second-order valence-corrected chi connectivity index (χ2v) is 10.3. The summed E-state index contributed by atoms with van der Waals surface area (Å²) in [5, 5.41) is 20.2. The topological polar surface area (TPSA) is 96.3 Å². The molecule has 0 aliphatic carbocycles. The van der Waals surface area contributed by atoms with Crippen molar-refractivity contribution in [2.75, 3.05) is 4.90 Å². The Morgan fingerprint density at radius 2 is 1.78 bits per heavy atom. The van der Waals surface area contributed by atoms with E-state index in [0.29, 0.717) is 26.2 Å². The van der Waals surface area contributed by atoms with Crippen LogP contribution in [0.4, 0.5) is 9.52 Å². The van der Waals surface area contributed by atoms with E-state index < -0.39 is 23.5 Å². The van der Waals surface area contributed by atoms with E-state index in [4.69, 9.17) is 11.6 Å². The molecule has 7 nitrogen and oxygen atoms in total. The first kappa shape index (κ1) is 24.1. The number of aliphatic hydroxyl groups is 1. The van der Waals surface area contributed by atoms with E-state index >= 15 is 0 Å². The maximum Gasteiger partial charge on any atom is 0.301 e. The number of thioether (sulfide) groups is 1. The molecule has 5 rings (SSSR count). The molecule has 1 unspecified atom stereocenters. The van der Waals surface area contributed by atoms with Crippen LogP contribution in [0.2, 0.25) is 5.02 Å². The summed E-state index contributed by atoms with van der Waals surface area (Å²) in [5.41, 5.74) is 1.55. The van der Waals surface area contributed by atoms with Crippen molar-refractivity contribution < 1.29 is 19.1 Å². The number of pyridine rings is 1. The van der Waals surface area contributed by atoms with Crippen molar-refractivity contribution in [2.45, 2.75) is 16.1 Å². The lowest BCUT2D eigenvalue weighted by Crippen LogP contribution is -2.29. The number of hydrogen-bond acceptors (Lipinski definition) is 8. The molecular weight excluding hydrogens is 523 g/mol. The SMILES string of the molecule is O=C1C(=O)N(c2nnc(SCc3ccccc3Cl)s2)C(c2ccc(F)cc2)C1=C(O)c1ccncc1. The molecule has 0 spiro atoms. The molecule has 0 saturated carbocycles. The van der Waals surface area contributed by atoms with Crippen LogP contribution in [0, 0.1) is 5.82 Å². The van der Waals surface area contributed by atoms with Gasteiger partial charge >= 0.3 is 5.91 Å². The molecule has 36 heavy (non-hydrogen) atoms. The Kier molecular flexibility index (Phi) is 6.82. The first-order chi connectivity index (χ1) is 17.4. The molecule has 2 aromatic carbocycles. The molecule has 180 valence electrons. The second-order valence-electron chi connectivity index (χ2n) is 7.69. The molecule has 4 aromatic rings. The van der Waals surface area contributed by atoms with Crippen molar-refractivity contribution in [1.29, 1.82) is 0 Å². The first-order valence-corrected chi connectivity index (χ1v) is 12.8. The maximum atomic E-state index is 13.7. The number of hydrogen-bond donors (Lipinski definition) is 1. The predicted octanol–water partition coefficient (Wildman–Crippen LogP) is 5.64. The van der Waals surface area contributed by atoms with Gasteiger partial charge in [0.05, 0.1) is 11.6 Å². The third-order valence-electron chi connectivity index (χ3n) is 5.49. The van der Waals surface area contributed by atoms with Crippen LogP contribution in [0.3, 0.4) is 0 Å². The van der Waals surface area contributed by atoms with Crippen LogP contribution in [-0.2, 0) is 15.3 Å². The van der Waals surface area contributed by atoms with Gasteiger partial charge in [0, 0.05) is 28.7 Å². The highest BCUT2D eigenvalue weighted by atomic mass is 35.5. The Balaban J connectivity index is 1.54. The summed E-state index contributed by atoms with van der Waals surface area (Å²) in [4.78, 5) is 31.5. The van der Waals surface area contributed by atoms with Gasteiger partial charge in [0.2, 0.25) is 5.13 Å². The Morgan fingerprint density at radius 1 is 1.06 bits per heavy atom. The molecule has 1 aliphatic rings. The minimum absolute atomic E-state index is 0.127. The van der Waals surface area contributed by atoms with Crippen LogP contribution < -0.4 is 4.90 Å². The molecule has 1 saturated heterocycles. The normalized spacial score (nSPS) is 17.1. The summed E-state index contributed by atoms with van der Waals surface area (Å²) in [6.07, 6.45) is 2.93. The molecule has 1 atom stereocenters. The average Bonchev–Trinajstić information content (AvgIpc) is 3.46. The number of carbonyl (C=O) groups excluding carboxylic acids is 2. The molecule has 3 heterocycles. The van der Waals surface area contributed by atoms with E-state index in [1.54, 1.807) is 6.07 Å². The minimum Gasteiger partial charge on any atom is -0.507 e. The van der Waals surface area contributed by atoms with Crippen LogP contribution >= 0.6 is 34.7 Å². The predicted molar refractivity (Wildman–Crippen MR) is 136 cm³/mol. The van der Waals surface area contributed by atoms with Gasteiger partial charge in [0.15, 0.2) is 4.34 Å². The highest BCUT2D eigenvalue weighted by molar-refractivity contribution is 8.00. The number of aromatic nitrogens is 3. The van der Waals surface area contributed by atoms with Gasteiger partial charge in [-0.1, -0.05) is 65.0 Å². The van der Waals surface area contributed by atoms with Gasteiger partial charge in [-0.05, 0) is 41.5 Å². The molecule has 1 fully saturated rings. The lowest BCUT2D eigenvalue weighted by atomic mass is 9.95. The van der Waals surface area contributed by atoms with Crippen molar-refractivity contribution in [1.82, 2.24) is 15.2 Å². The quantitative estimate of drug-likeness (QED) is 0.111. The molecule has 2 aromatic heterocycles. The van der Waals surface area contributed by atoms with E-state index in [2.05, 4.69) is 15.2 Å². The molecule has 1 N–H and O–H groups in total. The Labute approximate surface area is 218 Å². The monoisotopic (exact) mass is 538 g/mol. The Bertz CT molecular complexity index is 1480. The van der Waals surface area contributed by atoms with Gasteiger partial charge in [-0.15, -0.1) is 10.2 Å². The zero-order chi connectivity index (χ0) is 25.2.